The van der Waals surface area contributed by atoms with Crippen molar-refractivity contribution in [3.8, 4) is 28.8 Å². The number of hydrogen-bond donors (Lipinski definition) is 0. The molecule has 4 aromatic rings. The topological polar surface area (TPSA) is 97.5 Å². The Labute approximate surface area is 254 Å². The second-order valence-corrected chi connectivity index (χ2v) is 10.7. The van der Waals surface area contributed by atoms with Crippen molar-refractivity contribution in [3.63, 3.8) is 0 Å². The lowest BCUT2D eigenvalue weighted by molar-refractivity contribution is -0.142. The van der Waals surface area contributed by atoms with Crippen molar-refractivity contribution in [2.75, 3.05) is 13.2 Å². The zero-order valence-corrected chi connectivity index (χ0v) is 24.1. The standard InChI is InChI=1S/C35H29FN4O4/c1-23-31(34(41)39(35(42)32(23)19-37)21-30-8-5-17-43-30)18-26-20-40(28-6-3-2-4-7-28)38-33(26)25-11-15-29(16-12-25)44-22-24-9-13-27(36)14-10-24/h2-4,6-7,9-16,18,20,30H,5,8,17,21-22H2,1H3/b31-18+. The van der Waals surface area contributed by atoms with Gasteiger partial charge in [0.05, 0.1) is 24.0 Å². The van der Waals surface area contributed by atoms with E-state index in [1.807, 2.05) is 66.9 Å². The molecule has 0 N–H and O–H groups in total. The van der Waals surface area contributed by atoms with E-state index in [-0.39, 0.29) is 36.2 Å². The largest absolute Gasteiger partial charge is 0.489 e. The molecule has 0 spiro atoms. The van der Waals surface area contributed by atoms with Crippen LogP contribution < -0.4 is 4.74 Å². The normalized spacial score (nSPS) is 17.8. The maximum absolute atomic E-state index is 13.7. The van der Waals surface area contributed by atoms with Gasteiger partial charge >= 0.3 is 0 Å². The zero-order valence-electron chi connectivity index (χ0n) is 24.1. The lowest BCUT2D eigenvalue weighted by atomic mass is 9.93. The number of rotatable bonds is 8. The van der Waals surface area contributed by atoms with Crippen LogP contribution in [0.1, 0.15) is 30.9 Å². The summed E-state index contributed by atoms with van der Waals surface area (Å²) in [5, 5.41) is 14.7. The van der Waals surface area contributed by atoms with Crippen molar-refractivity contribution in [2.24, 2.45) is 0 Å². The molecule has 9 heteroatoms. The highest BCUT2D eigenvalue weighted by molar-refractivity contribution is 6.19. The quantitative estimate of drug-likeness (QED) is 0.184. The van der Waals surface area contributed by atoms with Crippen LogP contribution in [0, 0.1) is 17.1 Å². The molecule has 3 heterocycles. The van der Waals surface area contributed by atoms with E-state index in [1.165, 1.54) is 12.1 Å². The molecule has 2 amide bonds. The fraction of sp³-hybridized carbons (Fsp3) is 0.200. The molecule has 1 saturated heterocycles. The first-order valence-electron chi connectivity index (χ1n) is 14.3. The molecule has 1 aromatic heterocycles. The predicted molar refractivity (Wildman–Crippen MR) is 162 cm³/mol. The zero-order chi connectivity index (χ0) is 30.6. The van der Waals surface area contributed by atoms with E-state index in [1.54, 1.807) is 29.8 Å². The summed E-state index contributed by atoms with van der Waals surface area (Å²) < 4.78 is 26.5. The molecule has 6 rings (SSSR count). The highest BCUT2D eigenvalue weighted by Crippen LogP contribution is 2.32. The van der Waals surface area contributed by atoms with E-state index in [2.05, 4.69) is 0 Å². The van der Waals surface area contributed by atoms with Crippen LogP contribution in [0.4, 0.5) is 4.39 Å². The van der Waals surface area contributed by atoms with Gasteiger partial charge in [-0.25, -0.2) is 9.07 Å². The summed E-state index contributed by atoms with van der Waals surface area (Å²) in [7, 11) is 0. The average Bonchev–Trinajstić information content (AvgIpc) is 3.72. The van der Waals surface area contributed by atoms with Gasteiger partial charge in [-0.15, -0.1) is 0 Å². The highest BCUT2D eigenvalue weighted by atomic mass is 19.1. The number of nitrogens with zero attached hydrogens (tertiary/aromatic N) is 4. The van der Waals surface area contributed by atoms with Gasteiger partial charge in [0.15, 0.2) is 0 Å². The molecule has 8 nitrogen and oxygen atoms in total. The Kier molecular flexibility index (Phi) is 8.17. The first-order chi connectivity index (χ1) is 21.4. The minimum atomic E-state index is -0.598. The summed E-state index contributed by atoms with van der Waals surface area (Å²) in [5.41, 5.74) is 4.21. The maximum Gasteiger partial charge on any atom is 0.271 e. The second kappa shape index (κ2) is 12.5. The fourth-order valence-electron chi connectivity index (χ4n) is 5.33. The molecular weight excluding hydrogens is 559 g/mol. The van der Waals surface area contributed by atoms with Crippen LogP contribution in [0.3, 0.4) is 0 Å². The van der Waals surface area contributed by atoms with Crippen LogP contribution >= 0.6 is 0 Å². The van der Waals surface area contributed by atoms with Crippen molar-refractivity contribution in [3.05, 3.63) is 119 Å². The fourth-order valence-corrected chi connectivity index (χ4v) is 5.33. The van der Waals surface area contributed by atoms with E-state index in [0.717, 1.165) is 34.6 Å². The third-order valence-electron chi connectivity index (χ3n) is 7.75. The number of carbonyl (C=O) groups excluding carboxylic acids is 2. The van der Waals surface area contributed by atoms with E-state index >= 15 is 0 Å². The van der Waals surface area contributed by atoms with Gasteiger partial charge < -0.3 is 9.47 Å². The van der Waals surface area contributed by atoms with Gasteiger partial charge in [0.25, 0.3) is 11.8 Å². The summed E-state index contributed by atoms with van der Waals surface area (Å²) in [6.45, 7) is 2.60. The maximum atomic E-state index is 13.7. The summed E-state index contributed by atoms with van der Waals surface area (Å²) >= 11 is 0. The molecule has 0 bridgehead atoms. The minimum absolute atomic E-state index is 0.0616. The molecule has 1 atom stereocenters. The number of nitriles is 1. The molecule has 2 aliphatic rings. The van der Waals surface area contributed by atoms with Gasteiger partial charge in [-0.1, -0.05) is 30.3 Å². The number of amides is 2. The van der Waals surface area contributed by atoms with Gasteiger partial charge in [-0.2, -0.15) is 10.4 Å². The molecule has 220 valence electrons. The van der Waals surface area contributed by atoms with Gasteiger partial charge in [0, 0.05) is 29.5 Å². The summed E-state index contributed by atoms with van der Waals surface area (Å²) in [6.07, 6.45) is 4.89. The lowest BCUT2D eigenvalue weighted by Crippen LogP contribution is -2.46. The van der Waals surface area contributed by atoms with Crippen molar-refractivity contribution in [1.29, 1.82) is 5.26 Å². The first kappa shape index (κ1) is 28.8. The van der Waals surface area contributed by atoms with E-state index in [9.17, 15) is 19.2 Å². The molecule has 0 radical (unpaired) electrons. The van der Waals surface area contributed by atoms with Gasteiger partial charge in [0.1, 0.15) is 29.8 Å². The molecule has 44 heavy (non-hydrogen) atoms. The number of carbonyl (C=O) groups is 2. The molecule has 1 unspecified atom stereocenters. The SMILES string of the molecule is CC1=C(C#N)C(=O)N(CC2CCCO2)C(=O)/C1=C/c1cn(-c2ccccc2)nc1-c1ccc(OCc2ccc(F)cc2)cc1. The second-order valence-electron chi connectivity index (χ2n) is 10.7. The predicted octanol–water partition coefficient (Wildman–Crippen LogP) is 6.03. The van der Waals surface area contributed by atoms with Crippen LogP contribution in [0.5, 0.6) is 5.75 Å². The van der Waals surface area contributed by atoms with E-state index < -0.39 is 11.8 Å². The number of benzene rings is 3. The van der Waals surface area contributed by atoms with Gasteiger partial charge in [-0.05, 0) is 85.5 Å². The number of ether oxygens (including phenoxy) is 2. The van der Waals surface area contributed by atoms with E-state index in [0.29, 0.717) is 29.2 Å². The Balaban J connectivity index is 1.36. The monoisotopic (exact) mass is 588 g/mol. The Morgan fingerprint density at radius 1 is 1.05 bits per heavy atom. The first-order valence-corrected chi connectivity index (χ1v) is 14.3. The molecule has 1 fully saturated rings. The molecule has 2 aliphatic heterocycles. The molecule has 3 aromatic carbocycles. The number of imide groups is 1. The Morgan fingerprint density at radius 2 is 1.80 bits per heavy atom. The molecular formula is C35H29FN4O4. The smallest absolute Gasteiger partial charge is 0.271 e. The Hall–Kier alpha value is -5.33. The summed E-state index contributed by atoms with van der Waals surface area (Å²) in [5.74, 6) is -0.738. The summed E-state index contributed by atoms with van der Waals surface area (Å²) in [6, 6.07) is 25.1. The van der Waals surface area contributed by atoms with Crippen LogP contribution in [0.25, 0.3) is 23.0 Å². The number of aromatic nitrogens is 2. The highest BCUT2D eigenvalue weighted by Gasteiger charge is 2.37. The van der Waals surface area contributed by atoms with Crippen LogP contribution in [0.15, 0.2) is 102 Å². The van der Waals surface area contributed by atoms with E-state index in [4.69, 9.17) is 14.6 Å². The van der Waals surface area contributed by atoms with Crippen LogP contribution in [-0.2, 0) is 20.9 Å². The third-order valence-corrected chi connectivity index (χ3v) is 7.75. The summed E-state index contributed by atoms with van der Waals surface area (Å²) in [4.78, 5) is 28.0. The van der Waals surface area contributed by atoms with Crippen molar-refractivity contribution < 1.29 is 23.5 Å². The van der Waals surface area contributed by atoms with Crippen LogP contribution in [0.2, 0.25) is 0 Å². The Morgan fingerprint density at radius 3 is 2.48 bits per heavy atom. The van der Waals surface area contributed by atoms with Gasteiger partial charge in [0.2, 0.25) is 0 Å². The lowest BCUT2D eigenvalue weighted by Gasteiger charge is -2.29. The number of hydrogen-bond acceptors (Lipinski definition) is 6. The van der Waals surface area contributed by atoms with Crippen molar-refractivity contribution in [2.45, 2.75) is 32.5 Å². The van der Waals surface area contributed by atoms with Crippen molar-refractivity contribution >= 4 is 17.9 Å². The van der Waals surface area contributed by atoms with Crippen molar-refractivity contribution in [1.82, 2.24) is 14.7 Å². The minimum Gasteiger partial charge on any atom is -0.489 e. The third kappa shape index (κ3) is 5.93. The average molecular weight is 589 g/mol. The number of halogens is 1. The van der Waals surface area contributed by atoms with Crippen LogP contribution in [-0.4, -0.2) is 45.8 Å². The molecule has 0 saturated carbocycles. The van der Waals surface area contributed by atoms with Gasteiger partial charge in [-0.3, -0.25) is 14.5 Å². The number of para-hydroxylation sites is 1. The molecule has 0 aliphatic carbocycles. The Bertz CT molecular complexity index is 1800.